The first kappa shape index (κ1) is 15.2. The van der Waals surface area contributed by atoms with Crippen LogP contribution < -0.4 is 10.1 Å². The van der Waals surface area contributed by atoms with E-state index in [1.807, 2.05) is 6.07 Å². The van der Waals surface area contributed by atoms with Gasteiger partial charge in [0.15, 0.2) is 0 Å². The summed E-state index contributed by atoms with van der Waals surface area (Å²) in [7, 11) is 3.70. The highest BCUT2D eigenvalue weighted by Gasteiger charge is 2.18. The molecule has 0 spiro atoms. The Morgan fingerprint density at radius 2 is 2.00 bits per heavy atom. The summed E-state index contributed by atoms with van der Waals surface area (Å²) in [6.07, 6.45) is 12.2. The van der Waals surface area contributed by atoms with Crippen LogP contribution >= 0.6 is 0 Å². The number of likely N-dealkylation sites (N-methyl/N-ethyl adjacent to an activating group) is 1. The molecular formula is C16H27N3O. The molecule has 2 rings (SSSR count). The van der Waals surface area contributed by atoms with Crippen molar-refractivity contribution >= 4 is 0 Å². The zero-order chi connectivity index (χ0) is 14.2. The lowest BCUT2D eigenvalue weighted by atomic mass is 9.91. The zero-order valence-electron chi connectivity index (χ0n) is 12.8. The first-order valence-electron chi connectivity index (χ1n) is 7.84. The molecule has 1 aliphatic carbocycles. The van der Waals surface area contributed by atoms with Gasteiger partial charge >= 0.3 is 0 Å². The Labute approximate surface area is 122 Å². The molecular weight excluding hydrogens is 250 g/mol. The summed E-state index contributed by atoms with van der Waals surface area (Å²) in [5, 5.41) is 3.45. The largest absolute Gasteiger partial charge is 0.481 e. The second-order valence-electron chi connectivity index (χ2n) is 5.83. The van der Waals surface area contributed by atoms with Crippen molar-refractivity contribution in [1.82, 2.24) is 15.3 Å². The normalized spacial score (nSPS) is 18.5. The summed E-state index contributed by atoms with van der Waals surface area (Å²) in [5.74, 6) is 1.53. The molecule has 0 aliphatic heterocycles. The molecule has 4 heteroatoms. The van der Waals surface area contributed by atoms with Crippen LogP contribution in [0.2, 0.25) is 0 Å². The van der Waals surface area contributed by atoms with E-state index < -0.39 is 0 Å². The molecule has 0 amide bonds. The Bertz CT molecular complexity index is 389. The highest BCUT2D eigenvalue weighted by Crippen LogP contribution is 2.27. The van der Waals surface area contributed by atoms with Gasteiger partial charge in [0.05, 0.1) is 7.11 Å². The van der Waals surface area contributed by atoms with E-state index in [4.69, 9.17) is 4.74 Å². The van der Waals surface area contributed by atoms with E-state index in [1.54, 1.807) is 13.4 Å². The molecule has 20 heavy (non-hydrogen) atoms. The maximum atomic E-state index is 5.17. The lowest BCUT2D eigenvalue weighted by molar-refractivity contribution is 0.358. The van der Waals surface area contributed by atoms with Crippen LogP contribution in [0.25, 0.3) is 0 Å². The quantitative estimate of drug-likeness (QED) is 0.812. The minimum Gasteiger partial charge on any atom is -0.481 e. The van der Waals surface area contributed by atoms with Gasteiger partial charge in [-0.05, 0) is 19.4 Å². The van der Waals surface area contributed by atoms with Crippen molar-refractivity contribution in [2.75, 3.05) is 14.2 Å². The fraction of sp³-hybridized carbons (Fsp3) is 0.750. The Morgan fingerprint density at radius 3 is 2.65 bits per heavy atom. The van der Waals surface area contributed by atoms with Gasteiger partial charge in [-0.2, -0.15) is 0 Å². The molecule has 0 bridgehead atoms. The standard InChI is InChI=1S/C16H27N3O/c1-17-14(9-13-7-5-3-4-6-8-13)10-15-11-16(20-2)19-12-18-15/h11-14,17H,3-10H2,1-2H3. The Kier molecular flexibility index (Phi) is 6.25. The first-order valence-corrected chi connectivity index (χ1v) is 7.84. The molecule has 1 heterocycles. The number of methoxy groups -OCH3 is 1. The Morgan fingerprint density at radius 1 is 1.25 bits per heavy atom. The molecule has 1 aromatic rings. The third-order valence-corrected chi connectivity index (χ3v) is 4.36. The van der Waals surface area contributed by atoms with E-state index in [0.29, 0.717) is 11.9 Å². The summed E-state index contributed by atoms with van der Waals surface area (Å²) < 4.78 is 5.17. The van der Waals surface area contributed by atoms with Gasteiger partial charge in [-0.3, -0.25) is 0 Å². The van der Waals surface area contributed by atoms with Gasteiger partial charge in [-0.1, -0.05) is 38.5 Å². The third-order valence-electron chi connectivity index (χ3n) is 4.36. The van der Waals surface area contributed by atoms with Gasteiger partial charge in [0.2, 0.25) is 5.88 Å². The molecule has 4 nitrogen and oxygen atoms in total. The molecule has 1 fully saturated rings. The first-order chi connectivity index (χ1) is 9.81. The number of rotatable bonds is 6. The number of hydrogen-bond donors (Lipinski definition) is 1. The van der Waals surface area contributed by atoms with Crippen molar-refractivity contribution in [2.45, 2.75) is 57.4 Å². The van der Waals surface area contributed by atoms with Gasteiger partial charge in [-0.15, -0.1) is 0 Å². The van der Waals surface area contributed by atoms with Gasteiger partial charge in [0.25, 0.3) is 0 Å². The van der Waals surface area contributed by atoms with Crippen LogP contribution in [0.5, 0.6) is 5.88 Å². The second kappa shape index (κ2) is 8.20. The lowest BCUT2D eigenvalue weighted by Crippen LogP contribution is -2.30. The molecule has 1 aromatic heterocycles. The molecule has 0 saturated heterocycles. The maximum Gasteiger partial charge on any atom is 0.216 e. The van der Waals surface area contributed by atoms with Crippen LogP contribution in [-0.4, -0.2) is 30.2 Å². The monoisotopic (exact) mass is 277 g/mol. The Hall–Kier alpha value is -1.16. The van der Waals surface area contributed by atoms with E-state index in [-0.39, 0.29) is 0 Å². The van der Waals surface area contributed by atoms with Crippen molar-refractivity contribution in [3.8, 4) is 5.88 Å². The minimum atomic E-state index is 0.498. The van der Waals surface area contributed by atoms with E-state index in [0.717, 1.165) is 18.0 Å². The summed E-state index contributed by atoms with van der Waals surface area (Å²) in [4.78, 5) is 8.42. The molecule has 112 valence electrons. The molecule has 1 aliphatic rings. The summed E-state index contributed by atoms with van der Waals surface area (Å²) in [6, 6.07) is 2.44. The number of nitrogens with zero attached hydrogens (tertiary/aromatic N) is 2. The second-order valence-corrected chi connectivity index (χ2v) is 5.83. The average Bonchev–Trinajstić information content (AvgIpc) is 2.75. The van der Waals surface area contributed by atoms with Crippen molar-refractivity contribution < 1.29 is 4.74 Å². The predicted molar refractivity (Wildman–Crippen MR) is 80.9 cm³/mol. The van der Waals surface area contributed by atoms with Crippen molar-refractivity contribution in [2.24, 2.45) is 5.92 Å². The van der Waals surface area contributed by atoms with Crippen LogP contribution in [0.15, 0.2) is 12.4 Å². The number of hydrogen-bond acceptors (Lipinski definition) is 4. The molecule has 1 saturated carbocycles. The summed E-state index contributed by atoms with van der Waals surface area (Å²) in [6.45, 7) is 0. The molecule has 0 radical (unpaired) electrons. The number of ether oxygens (including phenoxy) is 1. The maximum absolute atomic E-state index is 5.17. The zero-order valence-corrected chi connectivity index (χ0v) is 12.8. The van der Waals surface area contributed by atoms with E-state index in [1.165, 1.54) is 44.9 Å². The lowest BCUT2D eigenvalue weighted by Gasteiger charge is -2.22. The number of aromatic nitrogens is 2. The van der Waals surface area contributed by atoms with Crippen LogP contribution in [0.1, 0.15) is 50.6 Å². The van der Waals surface area contributed by atoms with Crippen LogP contribution in [0.4, 0.5) is 0 Å². The van der Waals surface area contributed by atoms with Crippen LogP contribution in [0.3, 0.4) is 0 Å². The van der Waals surface area contributed by atoms with Gasteiger partial charge in [0.1, 0.15) is 6.33 Å². The highest BCUT2D eigenvalue weighted by atomic mass is 16.5. The van der Waals surface area contributed by atoms with Gasteiger partial charge < -0.3 is 10.1 Å². The van der Waals surface area contributed by atoms with Crippen LogP contribution in [0, 0.1) is 5.92 Å². The topological polar surface area (TPSA) is 47.0 Å². The molecule has 1 N–H and O–H groups in total. The number of nitrogens with one attached hydrogen (secondary N) is 1. The summed E-state index contributed by atoms with van der Waals surface area (Å²) >= 11 is 0. The van der Waals surface area contributed by atoms with Crippen molar-refractivity contribution in [3.05, 3.63) is 18.1 Å². The SMILES string of the molecule is CNC(Cc1cc(OC)ncn1)CC1CCCCCC1. The smallest absolute Gasteiger partial charge is 0.216 e. The van der Waals surface area contributed by atoms with E-state index >= 15 is 0 Å². The summed E-state index contributed by atoms with van der Waals surface area (Å²) in [5.41, 5.74) is 1.06. The van der Waals surface area contributed by atoms with Gasteiger partial charge in [0, 0.05) is 24.2 Å². The molecule has 0 aromatic carbocycles. The van der Waals surface area contributed by atoms with E-state index in [9.17, 15) is 0 Å². The molecule has 1 atom stereocenters. The minimum absolute atomic E-state index is 0.498. The predicted octanol–water partition coefficient (Wildman–Crippen LogP) is 2.98. The van der Waals surface area contributed by atoms with E-state index in [2.05, 4.69) is 22.3 Å². The average molecular weight is 277 g/mol. The van der Waals surface area contributed by atoms with Crippen molar-refractivity contribution in [1.29, 1.82) is 0 Å². The molecule has 1 unspecified atom stereocenters. The highest BCUT2D eigenvalue weighted by molar-refractivity contribution is 5.14. The fourth-order valence-electron chi connectivity index (χ4n) is 3.16. The fourth-order valence-corrected chi connectivity index (χ4v) is 3.16. The third kappa shape index (κ3) is 4.75. The van der Waals surface area contributed by atoms with Crippen molar-refractivity contribution in [3.63, 3.8) is 0 Å². The van der Waals surface area contributed by atoms with Crippen LogP contribution in [-0.2, 0) is 6.42 Å². The Balaban J connectivity index is 1.90. The van der Waals surface area contributed by atoms with Gasteiger partial charge in [-0.25, -0.2) is 9.97 Å².